The quantitative estimate of drug-likeness (QED) is 0.681. The van der Waals surface area contributed by atoms with E-state index in [9.17, 15) is 0 Å². The van der Waals surface area contributed by atoms with Crippen LogP contribution in [0.2, 0.25) is 0 Å². The molecule has 3 N–H and O–H groups in total. The molecule has 1 rings (SSSR count). The Morgan fingerprint density at radius 2 is 1.76 bits per heavy atom. The van der Waals surface area contributed by atoms with Crippen LogP contribution in [0, 0.1) is 0 Å². The Labute approximate surface area is 132 Å². The summed E-state index contributed by atoms with van der Waals surface area (Å²) < 4.78 is 0. The lowest BCUT2D eigenvalue weighted by atomic mass is 9.98. The highest BCUT2D eigenvalue weighted by atomic mass is 14.9. The molecular weight excluding hydrogens is 256 g/mol. The SMILES string of the molecule is C=C/C(=C/C)C1=C(N)C(NCCC)=C(C)C1=C.CC.CC. The molecule has 0 aromatic rings. The Balaban J connectivity index is 0. The summed E-state index contributed by atoms with van der Waals surface area (Å²) in [6, 6.07) is 0. The molecule has 2 heteroatoms. The normalized spacial score (nSPS) is 14.2. The van der Waals surface area contributed by atoms with Crippen molar-refractivity contribution in [2.45, 2.75) is 54.9 Å². The van der Waals surface area contributed by atoms with Crippen LogP contribution in [0.3, 0.4) is 0 Å². The average molecular weight is 290 g/mol. The third-order valence-corrected chi connectivity index (χ3v) is 3.04. The topological polar surface area (TPSA) is 38.0 Å². The fourth-order valence-corrected chi connectivity index (χ4v) is 2.00. The van der Waals surface area contributed by atoms with Crippen LogP contribution in [0.5, 0.6) is 0 Å². The number of hydrogen-bond acceptors (Lipinski definition) is 2. The molecular formula is C19H34N2. The second-order valence-electron chi connectivity index (χ2n) is 4.14. The first-order chi connectivity index (χ1) is 10.1. The van der Waals surface area contributed by atoms with Crippen molar-refractivity contribution in [3.63, 3.8) is 0 Å². The summed E-state index contributed by atoms with van der Waals surface area (Å²) in [7, 11) is 0. The first-order valence-corrected chi connectivity index (χ1v) is 8.02. The van der Waals surface area contributed by atoms with E-state index in [-0.39, 0.29) is 0 Å². The fourth-order valence-electron chi connectivity index (χ4n) is 2.00. The van der Waals surface area contributed by atoms with Gasteiger partial charge in [0, 0.05) is 12.1 Å². The van der Waals surface area contributed by atoms with Gasteiger partial charge in [-0.25, -0.2) is 0 Å². The van der Waals surface area contributed by atoms with Gasteiger partial charge in [-0.2, -0.15) is 0 Å². The monoisotopic (exact) mass is 290 g/mol. The molecule has 0 aromatic carbocycles. The lowest BCUT2D eigenvalue weighted by Gasteiger charge is -2.09. The van der Waals surface area contributed by atoms with Crippen molar-refractivity contribution in [1.29, 1.82) is 0 Å². The molecule has 0 radical (unpaired) electrons. The van der Waals surface area contributed by atoms with Crippen molar-refractivity contribution in [3.05, 3.63) is 59.0 Å². The summed E-state index contributed by atoms with van der Waals surface area (Å²) in [5, 5.41) is 3.37. The number of nitrogens with two attached hydrogens (primary N) is 1. The molecule has 0 atom stereocenters. The Hall–Kier alpha value is -1.70. The molecule has 0 saturated carbocycles. The molecule has 0 amide bonds. The standard InChI is InChI=1S/C15H22N2.2C2H6/c1-6-9-17-15-11(5)10(4)13(14(15)16)12(7-2)8-3;2*1-2/h7-8,17H,2,4,6,9,16H2,1,3,5H3;2*1-2H3/b12-8-;;. The van der Waals surface area contributed by atoms with E-state index >= 15 is 0 Å². The third-order valence-electron chi connectivity index (χ3n) is 3.04. The highest BCUT2D eigenvalue weighted by Crippen LogP contribution is 2.36. The van der Waals surface area contributed by atoms with Gasteiger partial charge in [-0.05, 0) is 37.0 Å². The maximum atomic E-state index is 6.21. The van der Waals surface area contributed by atoms with E-state index in [4.69, 9.17) is 5.73 Å². The maximum absolute atomic E-state index is 6.21. The van der Waals surface area contributed by atoms with Crippen LogP contribution in [0.1, 0.15) is 54.9 Å². The van der Waals surface area contributed by atoms with Crippen LogP contribution < -0.4 is 11.1 Å². The molecule has 1 aliphatic carbocycles. The minimum atomic E-state index is 0.786. The lowest BCUT2D eigenvalue weighted by Crippen LogP contribution is -2.19. The minimum absolute atomic E-state index is 0.786. The molecule has 1 aliphatic rings. The lowest BCUT2D eigenvalue weighted by molar-refractivity contribution is 0.770. The van der Waals surface area contributed by atoms with E-state index in [0.29, 0.717) is 0 Å². The molecule has 0 unspecified atom stereocenters. The smallest absolute Gasteiger partial charge is 0.0638 e. The zero-order chi connectivity index (χ0) is 17.0. The molecule has 21 heavy (non-hydrogen) atoms. The predicted octanol–water partition coefficient (Wildman–Crippen LogP) is 5.23. The summed E-state index contributed by atoms with van der Waals surface area (Å²) in [5.41, 5.74) is 12.2. The van der Waals surface area contributed by atoms with Crippen LogP contribution in [0.25, 0.3) is 0 Å². The molecule has 0 fully saturated rings. The molecule has 0 saturated heterocycles. The zero-order valence-corrected chi connectivity index (χ0v) is 15.1. The van der Waals surface area contributed by atoms with Gasteiger partial charge in [0.15, 0.2) is 0 Å². The average Bonchev–Trinajstić information content (AvgIpc) is 2.74. The van der Waals surface area contributed by atoms with E-state index in [2.05, 4.69) is 32.3 Å². The van der Waals surface area contributed by atoms with Gasteiger partial charge in [0.05, 0.1) is 11.4 Å². The summed E-state index contributed by atoms with van der Waals surface area (Å²) in [6.45, 7) is 23.0. The van der Waals surface area contributed by atoms with Crippen molar-refractivity contribution >= 4 is 0 Å². The van der Waals surface area contributed by atoms with Crippen molar-refractivity contribution in [3.8, 4) is 0 Å². The van der Waals surface area contributed by atoms with Crippen LogP contribution >= 0.6 is 0 Å². The van der Waals surface area contributed by atoms with Gasteiger partial charge in [-0.15, -0.1) is 0 Å². The first kappa shape index (κ1) is 21.6. The van der Waals surface area contributed by atoms with Gasteiger partial charge in [-0.3, -0.25) is 0 Å². The summed E-state index contributed by atoms with van der Waals surface area (Å²) in [6.07, 6.45) is 4.91. The number of hydrogen-bond donors (Lipinski definition) is 2. The van der Waals surface area contributed by atoms with Gasteiger partial charge < -0.3 is 11.1 Å². The minimum Gasteiger partial charge on any atom is -0.397 e. The molecule has 0 spiro atoms. The fraction of sp³-hybridized carbons (Fsp3) is 0.474. The Bertz CT molecular complexity index is 434. The summed E-state index contributed by atoms with van der Waals surface area (Å²) in [4.78, 5) is 0. The number of nitrogens with one attached hydrogen (secondary N) is 1. The van der Waals surface area contributed by atoms with Crippen molar-refractivity contribution in [2.75, 3.05) is 6.54 Å². The predicted molar refractivity (Wildman–Crippen MR) is 98.0 cm³/mol. The maximum Gasteiger partial charge on any atom is 0.0638 e. The molecule has 0 bridgehead atoms. The van der Waals surface area contributed by atoms with Gasteiger partial charge in [-0.1, -0.05) is 59.9 Å². The van der Waals surface area contributed by atoms with Gasteiger partial charge in [0.2, 0.25) is 0 Å². The Morgan fingerprint density at radius 1 is 1.24 bits per heavy atom. The Morgan fingerprint density at radius 3 is 2.14 bits per heavy atom. The second kappa shape index (κ2) is 12.1. The molecule has 2 nitrogen and oxygen atoms in total. The summed E-state index contributed by atoms with van der Waals surface area (Å²) in [5.74, 6) is 0. The van der Waals surface area contributed by atoms with E-state index in [1.165, 1.54) is 0 Å². The largest absolute Gasteiger partial charge is 0.397 e. The van der Waals surface area contributed by atoms with Gasteiger partial charge in [0.1, 0.15) is 0 Å². The molecule has 0 heterocycles. The molecule has 0 aliphatic heterocycles. The molecule has 120 valence electrons. The van der Waals surface area contributed by atoms with E-state index in [1.807, 2.05) is 46.8 Å². The van der Waals surface area contributed by atoms with Crippen molar-refractivity contribution < 1.29 is 0 Å². The van der Waals surface area contributed by atoms with Crippen molar-refractivity contribution in [1.82, 2.24) is 5.32 Å². The van der Waals surface area contributed by atoms with Crippen LogP contribution in [-0.2, 0) is 0 Å². The van der Waals surface area contributed by atoms with Gasteiger partial charge >= 0.3 is 0 Å². The van der Waals surface area contributed by atoms with Crippen LogP contribution in [-0.4, -0.2) is 6.54 Å². The summed E-state index contributed by atoms with van der Waals surface area (Å²) >= 11 is 0. The zero-order valence-electron chi connectivity index (χ0n) is 15.1. The highest BCUT2D eigenvalue weighted by molar-refractivity contribution is 5.69. The van der Waals surface area contributed by atoms with Crippen LogP contribution in [0.15, 0.2) is 59.0 Å². The van der Waals surface area contributed by atoms with Gasteiger partial charge in [0.25, 0.3) is 0 Å². The highest BCUT2D eigenvalue weighted by Gasteiger charge is 2.24. The van der Waals surface area contributed by atoms with Crippen LogP contribution in [0.4, 0.5) is 0 Å². The number of allylic oxidation sites excluding steroid dienone is 6. The van der Waals surface area contributed by atoms with E-state index in [0.717, 1.165) is 46.7 Å². The second-order valence-corrected chi connectivity index (χ2v) is 4.14. The first-order valence-electron chi connectivity index (χ1n) is 8.02. The third kappa shape index (κ3) is 5.30. The van der Waals surface area contributed by atoms with E-state index in [1.54, 1.807) is 0 Å². The number of rotatable bonds is 5. The Kier molecular flexibility index (Phi) is 12.4. The molecule has 0 aromatic heterocycles. The van der Waals surface area contributed by atoms with E-state index < -0.39 is 0 Å². The van der Waals surface area contributed by atoms with Crippen molar-refractivity contribution in [2.24, 2.45) is 5.73 Å².